The van der Waals surface area contributed by atoms with Crippen LogP contribution in [0.4, 0.5) is 5.00 Å². The number of anilines is 1. The van der Waals surface area contributed by atoms with E-state index in [4.69, 9.17) is 0 Å². The Morgan fingerprint density at radius 1 is 1.33 bits per heavy atom. The summed E-state index contributed by atoms with van der Waals surface area (Å²) >= 11 is 1.48. The van der Waals surface area contributed by atoms with Gasteiger partial charge in [0.1, 0.15) is 5.00 Å². The summed E-state index contributed by atoms with van der Waals surface area (Å²) < 4.78 is 3.86. The van der Waals surface area contributed by atoms with Gasteiger partial charge in [0.15, 0.2) is 0 Å². The second-order valence-corrected chi connectivity index (χ2v) is 3.51. The third-order valence-corrected chi connectivity index (χ3v) is 2.37. The lowest BCUT2D eigenvalue weighted by Crippen LogP contribution is -2.23. The molecule has 0 aliphatic rings. The van der Waals surface area contributed by atoms with E-state index in [1.165, 1.54) is 29.4 Å². The van der Waals surface area contributed by atoms with Gasteiger partial charge in [0.25, 0.3) is 0 Å². The van der Waals surface area contributed by atoms with Gasteiger partial charge in [-0.15, -0.1) is 5.10 Å². The molecule has 0 radical (unpaired) electrons. The molecule has 68 valence electrons. The fourth-order valence-electron chi connectivity index (χ4n) is 1.17. The highest BCUT2D eigenvalue weighted by Crippen LogP contribution is 2.17. The quantitative estimate of drug-likeness (QED) is 0.704. The van der Waals surface area contributed by atoms with Gasteiger partial charge in [-0.2, -0.15) is 0 Å². The average Bonchev–Trinajstić information content (AvgIpc) is 2.56. The van der Waals surface area contributed by atoms with E-state index in [9.17, 15) is 0 Å². The van der Waals surface area contributed by atoms with Crippen LogP contribution >= 0.6 is 11.5 Å². The van der Waals surface area contributed by atoms with Gasteiger partial charge in [-0.1, -0.05) is 18.3 Å². The minimum Gasteiger partial charge on any atom is -0.361 e. The van der Waals surface area contributed by atoms with Crippen LogP contribution in [0.1, 0.15) is 26.7 Å². The second-order valence-electron chi connectivity index (χ2n) is 2.74. The maximum absolute atomic E-state index is 3.86. The molecule has 4 heteroatoms. The first-order valence-electron chi connectivity index (χ1n) is 4.40. The Hall–Kier alpha value is -0.640. The number of hydrogen-bond acceptors (Lipinski definition) is 4. The van der Waals surface area contributed by atoms with E-state index in [2.05, 4.69) is 28.3 Å². The molecule has 3 nitrogen and oxygen atoms in total. The van der Waals surface area contributed by atoms with Crippen LogP contribution in [-0.2, 0) is 0 Å². The van der Waals surface area contributed by atoms with Gasteiger partial charge in [-0.05, 0) is 12.8 Å². The molecule has 1 aromatic heterocycles. The first-order valence-corrected chi connectivity index (χ1v) is 5.18. The summed E-state index contributed by atoms with van der Waals surface area (Å²) in [5, 5.41) is 5.03. The van der Waals surface area contributed by atoms with Gasteiger partial charge < -0.3 is 4.90 Å². The fourth-order valence-corrected chi connectivity index (χ4v) is 1.74. The lowest BCUT2D eigenvalue weighted by molar-refractivity contribution is 0.750. The van der Waals surface area contributed by atoms with E-state index >= 15 is 0 Å². The summed E-state index contributed by atoms with van der Waals surface area (Å²) in [4.78, 5) is 2.34. The standard InChI is InChI=1S/C8H15N3S/c1-3-5-11(6-4-2)8-7-9-10-12-8/h7H,3-6H2,1-2H3. The summed E-state index contributed by atoms with van der Waals surface area (Å²) in [6, 6.07) is 0. The molecule has 0 aromatic carbocycles. The number of nitrogens with zero attached hydrogens (tertiary/aromatic N) is 3. The van der Waals surface area contributed by atoms with Crippen molar-refractivity contribution in [1.29, 1.82) is 0 Å². The lowest BCUT2D eigenvalue weighted by atomic mass is 10.4. The molecule has 1 aromatic rings. The van der Waals surface area contributed by atoms with Gasteiger partial charge in [0.05, 0.1) is 6.20 Å². The van der Waals surface area contributed by atoms with Crippen molar-refractivity contribution in [2.75, 3.05) is 18.0 Å². The Labute approximate surface area is 77.6 Å². The van der Waals surface area contributed by atoms with Crippen LogP contribution in [0.25, 0.3) is 0 Å². The van der Waals surface area contributed by atoms with Crippen LogP contribution in [-0.4, -0.2) is 22.7 Å². The molecular weight excluding hydrogens is 170 g/mol. The summed E-state index contributed by atoms with van der Waals surface area (Å²) in [5.41, 5.74) is 0. The van der Waals surface area contributed by atoms with Gasteiger partial charge in [0, 0.05) is 24.6 Å². The molecule has 0 unspecified atom stereocenters. The van der Waals surface area contributed by atoms with Crippen molar-refractivity contribution < 1.29 is 0 Å². The molecule has 0 fully saturated rings. The highest BCUT2D eigenvalue weighted by Gasteiger charge is 2.05. The van der Waals surface area contributed by atoms with Gasteiger partial charge >= 0.3 is 0 Å². The molecule has 12 heavy (non-hydrogen) atoms. The highest BCUT2D eigenvalue weighted by molar-refractivity contribution is 7.09. The van der Waals surface area contributed by atoms with Gasteiger partial charge in [-0.3, -0.25) is 0 Å². The predicted molar refractivity (Wildman–Crippen MR) is 52.7 cm³/mol. The Morgan fingerprint density at radius 2 is 2.00 bits per heavy atom. The summed E-state index contributed by atoms with van der Waals surface area (Å²) in [6.45, 7) is 6.60. The molecule has 0 saturated heterocycles. The Kier molecular flexibility index (Phi) is 4.00. The highest BCUT2D eigenvalue weighted by atomic mass is 32.1. The van der Waals surface area contributed by atoms with Crippen LogP contribution in [0.15, 0.2) is 6.20 Å². The van der Waals surface area contributed by atoms with Crippen molar-refractivity contribution in [3.8, 4) is 0 Å². The Morgan fingerprint density at radius 3 is 2.42 bits per heavy atom. The van der Waals surface area contributed by atoms with E-state index in [1.807, 2.05) is 6.20 Å². The monoisotopic (exact) mass is 185 g/mol. The van der Waals surface area contributed by atoms with Crippen LogP contribution < -0.4 is 4.90 Å². The normalized spacial score (nSPS) is 10.2. The molecule has 0 aliphatic heterocycles. The van der Waals surface area contributed by atoms with Crippen molar-refractivity contribution in [3.63, 3.8) is 0 Å². The Bertz CT molecular complexity index is 192. The molecule has 0 aliphatic carbocycles. The van der Waals surface area contributed by atoms with E-state index in [0.717, 1.165) is 13.1 Å². The number of hydrogen-bond donors (Lipinski definition) is 0. The minimum absolute atomic E-state index is 1.11. The molecule has 0 atom stereocenters. The van der Waals surface area contributed by atoms with Gasteiger partial charge in [0.2, 0.25) is 0 Å². The molecule has 0 amide bonds. The lowest BCUT2D eigenvalue weighted by Gasteiger charge is -2.19. The number of rotatable bonds is 5. The average molecular weight is 185 g/mol. The van der Waals surface area contributed by atoms with Crippen molar-refractivity contribution in [2.45, 2.75) is 26.7 Å². The summed E-state index contributed by atoms with van der Waals surface area (Å²) in [6.07, 6.45) is 4.20. The van der Waals surface area contributed by atoms with Crippen molar-refractivity contribution >= 4 is 16.5 Å². The van der Waals surface area contributed by atoms with E-state index in [0.29, 0.717) is 0 Å². The zero-order chi connectivity index (χ0) is 8.81. The van der Waals surface area contributed by atoms with Crippen LogP contribution in [0.3, 0.4) is 0 Å². The molecule has 0 N–H and O–H groups in total. The zero-order valence-electron chi connectivity index (χ0n) is 7.66. The largest absolute Gasteiger partial charge is 0.361 e. The molecule has 0 bridgehead atoms. The molecule has 1 rings (SSSR count). The molecule has 0 spiro atoms. The number of aromatic nitrogens is 2. The van der Waals surface area contributed by atoms with Crippen molar-refractivity contribution in [3.05, 3.63) is 6.20 Å². The maximum Gasteiger partial charge on any atom is 0.132 e. The molecular formula is C8H15N3S. The Balaban J connectivity index is 2.53. The summed E-state index contributed by atoms with van der Waals surface area (Å²) in [7, 11) is 0. The first-order chi connectivity index (χ1) is 5.88. The predicted octanol–water partition coefficient (Wildman–Crippen LogP) is 2.16. The molecule has 1 heterocycles. The van der Waals surface area contributed by atoms with Crippen LogP contribution in [0.5, 0.6) is 0 Å². The third-order valence-electron chi connectivity index (χ3n) is 1.65. The second kappa shape index (κ2) is 5.09. The molecule has 0 saturated carbocycles. The van der Waals surface area contributed by atoms with E-state index in [-0.39, 0.29) is 0 Å². The van der Waals surface area contributed by atoms with Crippen LogP contribution in [0.2, 0.25) is 0 Å². The zero-order valence-corrected chi connectivity index (χ0v) is 8.47. The summed E-state index contributed by atoms with van der Waals surface area (Å²) in [5.74, 6) is 0. The minimum atomic E-state index is 1.11. The first kappa shape index (κ1) is 9.45. The maximum atomic E-state index is 3.86. The SMILES string of the molecule is CCCN(CCC)c1cnns1. The van der Waals surface area contributed by atoms with E-state index in [1.54, 1.807) is 0 Å². The smallest absolute Gasteiger partial charge is 0.132 e. The van der Waals surface area contributed by atoms with Gasteiger partial charge in [-0.25, -0.2) is 0 Å². The topological polar surface area (TPSA) is 29.0 Å². The van der Waals surface area contributed by atoms with Crippen molar-refractivity contribution in [1.82, 2.24) is 9.59 Å². The van der Waals surface area contributed by atoms with Crippen molar-refractivity contribution in [2.24, 2.45) is 0 Å². The third kappa shape index (κ3) is 2.44. The fraction of sp³-hybridized carbons (Fsp3) is 0.750. The van der Waals surface area contributed by atoms with E-state index < -0.39 is 0 Å². The van der Waals surface area contributed by atoms with Crippen LogP contribution in [0, 0.1) is 0 Å².